The molecule has 0 saturated heterocycles. The van der Waals surface area contributed by atoms with Crippen molar-refractivity contribution in [3.8, 4) is 10.8 Å². The molecule has 2 aromatic heterocycles. The lowest BCUT2D eigenvalue weighted by molar-refractivity contribution is 0.582. The summed E-state index contributed by atoms with van der Waals surface area (Å²) in [5.74, 6) is 0.374. The van der Waals surface area contributed by atoms with Gasteiger partial charge in [0.25, 0.3) is 0 Å². The number of anilines is 2. The second kappa shape index (κ2) is 7.02. The first kappa shape index (κ1) is 17.5. The summed E-state index contributed by atoms with van der Waals surface area (Å²) in [6, 6.07) is 19.6. The molecular formula is C20H16N2O3S2. The number of thiophene rings is 1. The van der Waals surface area contributed by atoms with Gasteiger partial charge in [-0.05, 0) is 42.6 Å². The van der Waals surface area contributed by atoms with Crippen LogP contribution in [0.3, 0.4) is 0 Å². The Labute approximate surface area is 161 Å². The average Bonchev–Trinajstić information content (AvgIpc) is 3.33. The average molecular weight is 396 g/mol. The summed E-state index contributed by atoms with van der Waals surface area (Å²) in [4.78, 5) is 5.25. The van der Waals surface area contributed by atoms with Gasteiger partial charge in [-0.25, -0.2) is 8.42 Å². The second-order valence-electron chi connectivity index (χ2n) is 5.94. The first-order chi connectivity index (χ1) is 13.0. The third-order valence-corrected chi connectivity index (χ3v) is 6.48. The van der Waals surface area contributed by atoms with Crippen molar-refractivity contribution in [1.82, 2.24) is 4.98 Å². The molecule has 2 aromatic carbocycles. The van der Waals surface area contributed by atoms with Crippen LogP contribution in [0, 0.1) is 6.92 Å². The Balaban J connectivity index is 1.83. The molecular weight excluding hydrogens is 380 g/mol. The highest BCUT2D eigenvalue weighted by Crippen LogP contribution is 2.35. The summed E-state index contributed by atoms with van der Waals surface area (Å²) in [6.07, 6.45) is 0. The molecule has 0 unspecified atom stereocenters. The maximum Gasteiger partial charge on any atom is 0.240 e. The molecule has 0 saturated carbocycles. The molecule has 0 aliphatic carbocycles. The van der Waals surface area contributed by atoms with E-state index in [0.29, 0.717) is 5.69 Å². The van der Waals surface area contributed by atoms with Gasteiger partial charge in [0, 0.05) is 5.69 Å². The lowest BCUT2D eigenvalue weighted by atomic mass is 10.2. The molecule has 0 atom stereocenters. The zero-order valence-electron chi connectivity index (χ0n) is 14.4. The van der Waals surface area contributed by atoms with E-state index < -0.39 is 9.84 Å². The molecule has 1 N–H and O–H groups in total. The van der Waals surface area contributed by atoms with Gasteiger partial charge >= 0.3 is 0 Å². The van der Waals surface area contributed by atoms with Gasteiger partial charge in [-0.1, -0.05) is 42.0 Å². The third kappa shape index (κ3) is 3.51. The van der Waals surface area contributed by atoms with Crippen LogP contribution >= 0.6 is 11.3 Å². The summed E-state index contributed by atoms with van der Waals surface area (Å²) < 4.78 is 32.2. The van der Waals surface area contributed by atoms with Crippen molar-refractivity contribution in [2.24, 2.45) is 0 Å². The van der Waals surface area contributed by atoms with Crippen molar-refractivity contribution in [1.29, 1.82) is 0 Å². The summed E-state index contributed by atoms with van der Waals surface area (Å²) in [7, 11) is -3.84. The monoisotopic (exact) mass is 396 g/mol. The second-order valence-corrected chi connectivity index (χ2v) is 8.75. The molecule has 4 rings (SSSR count). The van der Waals surface area contributed by atoms with Crippen molar-refractivity contribution >= 4 is 32.7 Å². The number of nitrogens with zero attached hydrogens (tertiary/aromatic N) is 1. The van der Waals surface area contributed by atoms with Gasteiger partial charge in [-0.15, -0.1) is 11.3 Å². The number of benzene rings is 2. The largest absolute Gasteiger partial charge is 0.418 e. The Bertz CT molecular complexity index is 1150. The van der Waals surface area contributed by atoms with Gasteiger partial charge < -0.3 is 9.73 Å². The predicted molar refractivity (Wildman–Crippen MR) is 106 cm³/mol. The minimum atomic E-state index is -3.84. The van der Waals surface area contributed by atoms with Crippen molar-refractivity contribution in [2.45, 2.75) is 16.8 Å². The summed E-state index contributed by atoms with van der Waals surface area (Å²) >= 11 is 1.43. The summed E-state index contributed by atoms with van der Waals surface area (Å²) in [6.45, 7) is 1.91. The van der Waals surface area contributed by atoms with E-state index in [0.717, 1.165) is 10.4 Å². The SMILES string of the molecule is Cc1ccc(S(=O)(=O)c2nc(-c3cccs3)oc2Nc2ccccc2)cc1. The first-order valence-corrected chi connectivity index (χ1v) is 10.6. The molecule has 0 aliphatic heterocycles. The fourth-order valence-corrected chi connectivity index (χ4v) is 4.46. The molecule has 0 spiro atoms. The van der Waals surface area contributed by atoms with Crippen LogP contribution in [0.25, 0.3) is 10.8 Å². The molecule has 27 heavy (non-hydrogen) atoms. The Morgan fingerprint density at radius 1 is 0.963 bits per heavy atom. The number of hydrogen-bond acceptors (Lipinski definition) is 6. The lowest BCUT2D eigenvalue weighted by Gasteiger charge is -2.06. The summed E-state index contributed by atoms with van der Waals surface area (Å²) in [5, 5.41) is 4.80. The van der Waals surface area contributed by atoms with Crippen molar-refractivity contribution in [3.63, 3.8) is 0 Å². The highest BCUT2D eigenvalue weighted by Gasteiger charge is 2.29. The predicted octanol–water partition coefficient (Wildman–Crippen LogP) is 5.29. The van der Waals surface area contributed by atoms with Crippen LogP contribution in [0.1, 0.15) is 5.56 Å². The van der Waals surface area contributed by atoms with E-state index in [-0.39, 0.29) is 21.7 Å². The third-order valence-electron chi connectivity index (χ3n) is 3.95. The number of oxazole rings is 1. The van der Waals surface area contributed by atoms with Gasteiger partial charge in [-0.2, -0.15) is 4.98 Å². The van der Waals surface area contributed by atoms with Gasteiger partial charge in [0.1, 0.15) is 0 Å². The van der Waals surface area contributed by atoms with Gasteiger partial charge in [0.15, 0.2) is 0 Å². The highest BCUT2D eigenvalue weighted by atomic mass is 32.2. The Hall–Kier alpha value is -2.90. The number of nitrogens with one attached hydrogen (secondary N) is 1. The van der Waals surface area contributed by atoms with Crippen LogP contribution < -0.4 is 5.32 Å². The zero-order valence-corrected chi connectivity index (χ0v) is 16.0. The molecule has 7 heteroatoms. The van der Waals surface area contributed by atoms with Crippen LogP contribution in [0.5, 0.6) is 0 Å². The first-order valence-electron chi connectivity index (χ1n) is 8.22. The van der Waals surface area contributed by atoms with Crippen LogP contribution in [-0.2, 0) is 9.84 Å². The van der Waals surface area contributed by atoms with Gasteiger partial charge in [-0.3, -0.25) is 0 Å². The fourth-order valence-electron chi connectivity index (χ4n) is 2.55. The van der Waals surface area contributed by atoms with E-state index >= 15 is 0 Å². The number of rotatable bonds is 5. The van der Waals surface area contributed by atoms with Gasteiger partial charge in [0.2, 0.25) is 26.6 Å². The minimum absolute atomic E-state index is 0.102. The number of sulfone groups is 1. The quantitative estimate of drug-likeness (QED) is 0.496. The van der Waals surface area contributed by atoms with Crippen molar-refractivity contribution in [2.75, 3.05) is 5.32 Å². The molecule has 0 fully saturated rings. The smallest absolute Gasteiger partial charge is 0.240 e. The highest BCUT2D eigenvalue weighted by molar-refractivity contribution is 7.91. The van der Waals surface area contributed by atoms with Crippen LogP contribution in [0.15, 0.2) is 86.4 Å². The molecule has 0 amide bonds. The molecule has 0 aliphatic rings. The van der Waals surface area contributed by atoms with E-state index in [1.807, 2.05) is 54.8 Å². The molecule has 2 heterocycles. The number of para-hydroxylation sites is 1. The summed E-state index contributed by atoms with van der Waals surface area (Å²) in [5.41, 5.74) is 1.70. The molecule has 0 radical (unpaired) electrons. The van der Waals surface area contributed by atoms with Crippen molar-refractivity contribution in [3.05, 3.63) is 77.7 Å². The van der Waals surface area contributed by atoms with Crippen LogP contribution in [0.4, 0.5) is 11.6 Å². The standard InChI is InChI=1S/C20H16N2O3S2/c1-14-9-11-16(12-10-14)27(23,24)20-19(21-15-6-3-2-4-7-15)25-18(22-20)17-8-5-13-26-17/h2-13,21H,1H3. The van der Waals surface area contributed by atoms with Crippen LogP contribution in [-0.4, -0.2) is 13.4 Å². The number of aromatic nitrogens is 1. The lowest BCUT2D eigenvalue weighted by Crippen LogP contribution is -2.05. The number of aryl methyl sites for hydroxylation is 1. The maximum atomic E-state index is 13.2. The molecule has 0 bridgehead atoms. The minimum Gasteiger partial charge on any atom is -0.418 e. The Morgan fingerprint density at radius 3 is 2.37 bits per heavy atom. The molecule has 4 aromatic rings. The van der Waals surface area contributed by atoms with Crippen LogP contribution in [0.2, 0.25) is 0 Å². The van der Waals surface area contributed by atoms with E-state index in [1.165, 1.54) is 11.3 Å². The fraction of sp³-hybridized carbons (Fsp3) is 0.0500. The maximum absolute atomic E-state index is 13.2. The van der Waals surface area contributed by atoms with Gasteiger partial charge in [0.05, 0.1) is 9.77 Å². The van der Waals surface area contributed by atoms with Crippen molar-refractivity contribution < 1.29 is 12.8 Å². The van der Waals surface area contributed by atoms with E-state index in [1.54, 1.807) is 24.3 Å². The van der Waals surface area contributed by atoms with E-state index in [4.69, 9.17) is 4.42 Å². The Morgan fingerprint density at radius 2 is 1.70 bits per heavy atom. The van der Waals surface area contributed by atoms with E-state index in [2.05, 4.69) is 10.3 Å². The van der Waals surface area contributed by atoms with E-state index in [9.17, 15) is 8.42 Å². The normalized spacial score (nSPS) is 11.4. The number of hydrogen-bond donors (Lipinski definition) is 1. The molecule has 136 valence electrons. The topological polar surface area (TPSA) is 72.2 Å². The zero-order chi connectivity index (χ0) is 18.9. The molecule has 5 nitrogen and oxygen atoms in total. The Kier molecular flexibility index (Phi) is 4.55.